The molecule has 0 N–H and O–H groups in total. The van der Waals surface area contributed by atoms with Crippen LogP contribution in [0.3, 0.4) is 0 Å². The van der Waals surface area contributed by atoms with Crippen molar-refractivity contribution in [3.8, 4) is 0 Å². The molecule has 0 unspecified atom stereocenters. The number of likely N-dealkylation sites (tertiary alicyclic amines) is 1. The summed E-state index contributed by atoms with van der Waals surface area (Å²) in [6.45, 7) is 1.45. The van der Waals surface area contributed by atoms with Gasteiger partial charge in [0, 0.05) is 31.0 Å². The van der Waals surface area contributed by atoms with Gasteiger partial charge in [-0.05, 0) is 24.3 Å². The Kier molecular flexibility index (Phi) is 2.56. The van der Waals surface area contributed by atoms with Crippen LogP contribution in [0, 0.1) is 0 Å². The van der Waals surface area contributed by atoms with Crippen LogP contribution in [-0.4, -0.2) is 38.7 Å². The largest absolute Gasteiger partial charge is 0.334 e. The molecule has 1 aliphatic rings. The zero-order chi connectivity index (χ0) is 13.5. The van der Waals surface area contributed by atoms with Crippen LogP contribution in [0.15, 0.2) is 42.2 Å². The fourth-order valence-electron chi connectivity index (χ4n) is 2.46. The molecule has 1 saturated heterocycles. The molecule has 5 nitrogen and oxygen atoms in total. The van der Waals surface area contributed by atoms with Gasteiger partial charge >= 0.3 is 0 Å². The van der Waals surface area contributed by atoms with E-state index in [0.717, 1.165) is 28.9 Å². The van der Waals surface area contributed by atoms with Gasteiger partial charge in [0.05, 0.1) is 21.8 Å². The van der Waals surface area contributed by atoms with Gasteiger partial charge in [-0.1, -0.05) is 0 Å². The van der Waals surface area contributed by atoms with E-state index in [-0.39, 0.29) is 5.91 Å². The van der Waals surface area contributed by atoms with Crippen molar-refractivity contribution in [2.45, 2.75) is 6.04 Å². The van der Waals surface area contributed by atoms with Crippen LogP contribution in [0.2, 0.25) is 0 Å². The van der Waals surface area contributed by atoms with Gasteiger partial charge in [-0.25, -0.2) is 4.98 Å². The highest BCUT2D eigenvalue weighted by molar-refractivity contribution is 7.16. The number of rotatable bonds is 2. The van der Waals surface area contributed by atoms with E-state index >= 15 is 0 Å². The minimum Gasteiger partial charge on any atom is -0.334 e. The van der Waals surface area contributed by atoms with E-state index in [9.17, 15) is 4.79 Å². The molecule has 0 spiro atoms. The van der Waals surface area contributed by atoms with Crippen molar-refractivity contribution in [2.75, 3.05) is 13.1 Å². The summed E-state index contributed by atoms with van der Waals surface area (Å²) in [5, 5.41) is 4.21. The van der Waals surface area contributed by atoms with Crippen molar-refractivity contribution in [3.63, 3.8) is 0 Å². The van der Waals surface area contributed by atoms with Crippen LogP contribution >= 0.6 is 11.3 Å². The Bertz CT molecular complexity index is 758. The van der Waals surface area contributed by atoms with Gasteiger partial charge in [-0.15, -0.1) is 11.3 Å². The molecule has 1 fully saturated rings. The van der Waals surface area contributed by atoms with E-state index in [1.807, 2.05) is 40.0 Å². The average Bonchev–Trinajstić information content (AvgIpc) is 3.06. The van der Waals surface area contributed by atoms with E-state index in [0.29, 0.717) is 6.04 Å². The second-order valence-electron chi connectivity index (χ2n) is 4.88. The zero-order valence-electron chi connectivity index (χ0n) is 10.6. The highest BCUT2D eigenvalue weighted by Gasteiger charge is 2.32. The maximum absolute atomic E-state index is 12.4. The number of benzene rings is 1. The molecule has 1 amide bonds. The third-order valence-corrected chi connectivity index (χ3v) is 4.42. The van der Waals surface area contributed by atoms with E-state index in [1.165, 1.54) is 0 Å². The Morgan fingerprint density at radius 1 is 1.35 bits per heavy atom. The SMILES string of the molecule is O=C(c1ccc2ncsc2c1)N1CC(n2cccn2)C1. The maximum Gasteiger partial charge on any atom is 0.254 e. The number of amides is 1. The Hall–Kier alpha value is -2.21. The van der Waals surface area contributed by atoms with Gasteiger partial charge in [-0.3, -0.25) is 9.48 Å². The number of carbonyl (C=O) groups excluding carboxylic acids is 1. The number of nitrogens with zero attached hydrogens (tertiary/aromatic N) is 4. The molecule has 4 rings (SSSR count). The van der Waals surface area contributed by atoms with Crippen LogP contribution in [0.4, 0.5) is 0 Å². The Morgan fingerprint density at radius 2 is 2.25 bits per heavy atom. The van der Waals surface area contributed by atoms with Crippen LogP contribution in [-0.2, 0) is 0 Å². The van der Waals surface area contributed by atoms with E-state index in [4.69, 9.17) is 0 Å². The Morgan fingerprint density at radius 3 is 3.05 bits per heavy atom. The minimum atomic E-state index is 0.0868. The van der Waals surface area contributed by atoms with E-state index in [2.05, 4.69) is 10.1 Å². The zero-order valence-corrected chi connectivity index (χ0v) is 11.5. The number of fused-ring (bicyclic) bond motifs is 1. The molecule has 2 aromatic heterocycles. The van der Waals surface area contributed by atoms with Gasteiger partial charge in [0.1, 0.15) is 0 Å². The number of hydrogen-bond donors (Lipinski definition) is 0. The van der Waals surface area contributed by atoms with E-state index in [1.54, 1.807) is 23.0 Å². The quantitative estimate of drug-likeness (QED) is 0.725. The fraction of sp³-hybridized carbons (Fsp3) is 0.214. The smallest absolute Gasteiger partial charge is 0.254 e. The highest BCUT2D eigenvalue weighted by atomic mass is 32.1. The molecule has 0 radical (unpaired) electrons. The molecule has 100 valence electrons. The lowest BCUT2D eigenvalue weighted by molar-refractivity contribution is 0.0502. The van der Waals surface area contributed by atoms with Crippen LogP contribution in [0.25, 0.3) is 10.2 Å². The van der Waals surface area contributed by atoms with Gasteiger partial charge in [0.15, 0.2) is 0 Å². The lowest BCUT2D eigenvalue weighted by Gasteiger charge is -2.39. The number of carbonyl (C=O) groups is 1. The maximum atomic E-state index is 12.4. The molecule has 0 saturated carbocycles. The molecule has 0 atom stereocenters. The van der Waals surface area contributed by atoms with Crippen molar-refractivity contribution >= 4 is 27.5 Å². The fourth-order valence-corrected chi connectivity index (χ4v) is 3.17. The third-order valence-electron chi connectivity index (χ3n) is 3.63. The first-order valence-electron chi connectivity index (χ1n) is 6.43. The molecule has 0 bridgehead atoms. The molecule has 0 aliphatic carbocycles. The summed E-state index contributed by atoms with van der Waals surface area (Å²) in [6, 6.07) is 7.90. The van der Waals surface area contributed by atoms with Crippen molar-refractivity contribution < 1.29 is 4.79 Å². The molecule has 1 aromatic carbocycles. The number of hydrogen-bond acceptors (Lipinski definition) is 4. The molecule has 6 heteroatoms. The third kappa shape index (κ3) is 1.80. The molecular formula is C14H12N4OS. The molecule has 20 heavy (non-hydrogen) atoms. The summed E-state index contributed by atoms with van der Waals surface area (Å²) in [6.07, 6.45) is 3.71. The summed E-state index contributed by atoms with van der Waals surface area (Å²) in [5.74, 6) is 0.0868. The summed E-state index contributed by atoms with van der Waals surface area (Å²) in [7, 11) is 0. The summed E-state index contributed by atoms with van der Waals surface area (Å²) < 4.78 is 2.97. The first kappa shape index (κ1) is 11.6. The minimum absolute atomic E-state index is 0.0868. The Balaban J connectivity index is 1.51. The van der Waals surface area contributed by atoms with Crippen LogP contribution < -0.4 is 0 Å². The summed E-state index contributed by atoms with van der Waals surface area (Å²) in [4.78, 5) is 18.5. The van der Waals surface area contributed by atoms with Gasteiger partial charge in [0.2, 0.25) is 0 Å². The van der Waals surface area contributed by atoms with Crippen molar-refractivity contribution in [3.05, 3.63) is 47.7 Å². The van der Waals surface area contributed by atoms with Gasteiger partial charge in [-0.2, -0.15) is 5.10 Å². The topological polar surface area (TPSA) is 51.0 Å². The Labute approximate surface area is 119 Å². The molecule has 3 heterocycles. The second-order valence-corrected chi connectivity index (χ2v) is 5.77. The molecule has 3 aromatic rings. The average molecular weight is 284 g/mol. The predicted octanol–water partition coefficient (Wildman–Crippen LogP) is 2.19. The molecular weight excluding hydrogens is 272 g/mol. The van der Waals surface area contributed by atoms with Crippen molar-refractivity contribution in [1.82, 2.24) is 19.7 Å². The number of thiazole rings is 1. The predicted molar refractivity (Wildman–Crippen MR) is 76.8 cm³/mol. The van der Waals surface area contributed by atoms with Crippen molar-refractivity contribution in [1.29, 1.82) is 0 Å². The van der Waals surface area contributed by atoms with Gasteiger partial charge < -0.3 is 4.90 Å². The lowest BCUT2D eigenvalue weighted by Crippen LogP contribution is -2.50. The first-order valence-corrected chi connectivity index (χ1v) is 7.31. The first-order chi connectivity index (χ1) is 9.81. The van der Waals surface area contributed by atoms with Gasteiger partial charge in [0.25, 0.3) is 5.91 Å². The molecule has 1 aliphatic heterocycles. The van der Waals surface area contributed by atoms with Crippen LogP contribution in [0.5, 0.6) is 0 Å². The summed E-state index contributed by atoms with van der Waals surface area (Å²) >= 11 is 1.56. The summed E-state index contributed by atoms with van der Waals surface area (Å²) in [5.41, 5.74) is 3.49. The number of aromatic nitrogens is 3. The van der Waals surface area contributed by atoms with Crippen LogP contribution in [0.1, 0.15) is 16.4 Å². The standard InChI is InChI=1S/C14H12N4OS/c19-14(10-2-3-12-13(6-10)20-9-15-12)17-7-11(8-17)18-5-1-4-16-18/h1-6,9,11H,7-8H2. The lowest BCUT2D eigenvalue weighted by atomic mass is 10.1. The second kappa shape index (κ2) is 4.42. The highest BCUT2D eigenvalue weighted by Crippen LogP contribution is 2.25. The van der Waals surface area contributed by atoms with Crippen molar-refractivity contribution in [2.24, 2.45) is 0 Å². The van der Waals surface area contributed by atoms with E-state index < -0.39 is 0 Å². The normalized spacial score (nSPS) is 15.5. The monoisotopic (exact) mass is 284 g/mol.